The van der Waals surface area contributed by atoms with Gasteiger partial charge in [0.1, 0.15) is 5.69 Å². The predicted octanol–water partition coefficient (Wildman–Crippen LogP) is 2.78. The summed E-state index contributed by atoms with van der Waals surface area (Å²) in [5.74, 6) is 0.747. The number of pyridine rings is 1. The fourth-order valence-electron chi connectivity index (χ4n) is 2.65. The average molecular weight is 261 g/mol. The Morgan fingerprint density at radius 2 is 2.32 bits per heavy atom. The first-order chi connectivity index (χ1) is 9.24. The van der Waals surface area contributed by atoms with Crippen molar-refractivity contribution in [2.45, 2.75) is 33.1 Å². The number of carbonyl (C=O) groups excluding carboxylic acids is 1. The fourth-order valence-corrected chi connectivity index (χ4v) is 2.65. The van der Waals surface area contributed by atoms with E-state index in [0.29, 0.717) is 11.6 Å². The van der Waals surface area contributed by atoms with Crippen molar-refractivity contribution in [3.63, 3.8) is 0 Å². The van der Waals surface area contributed by atoms with Crippen LogP contribution in [0.15, 0.2) is 18.3 Å². The molecule has 0 aliphatic carbocycles. The maximum Gasteiger partial charge on any atom is 0.272 e. The summed E-state index contributed by atoms with van der Waals surface area (Å²) in [4.78, 5) is 18.5. The Bertz CT molecular complexity index is 416. The van der Waals surface area contributed by atoms with E-state index >= 15 is 0 Å². The lowest BCUT2D eigenvalue weighted by atomic mass is 10.0. The Kier molecular flexibility index (Phi) is 4.77. The first-order valence-electron chi connectivity index (χ1n) is 7.23. The van der Waals surface area contributed by atoms with Crippen LogP contribution >= 0.6 is 0 Å². The first kappa shape index (κ1) is 13.8. The normalized spacial score (nSPS) is 18.6. The van der Waals surface area contributed by atoms with Crippen LogP contribution in [0.25, 0.3) is 0 Å². The summed E-state index contributed by atoms with van der Waals surface area (Å²) in [6.07, 6.45) is 5.28. The number of amides is 1. The third-order valence-corrected chi connectivity index (χ3v) is 3.63. The molecule has 104 valence electrons. The summed E-state index contributed by atoms with van der Waals surface area (Å²) in [5, 5.41) is 3.18. The first-order valence-corrected chi connectivity index (χ1v) is 7.23. The van der Waals surface area contributed by atoms with Gasteiger partial charge in [-0.25, -0.2) is 4.98 Å². The minimum absolute atomic E-state index is 0.0710. The molecule has 0 radical (unpaired) electrons. The molecule has 0 aromatic carbocycles. The summed E-state index contributed by atoms with van der Waals surface area (Å²) in [7, 11) is 0. The molecule has 4 heteroatoms. The molecule has 4 nitrogen and oxygen atoms in total. The summed E-state index contributed by atoms with van der Waals surface area (Å²) in [6, 6.07) is 3.73. The molecular formula is C15H23N3O. The van der Waals surface area contributed by atoms with Crippen LogP contribution < -0.4 is 5.32 Å². The van der Waals surface area contributed by atoms with Crippen molar-refractivity contribution >= 4 is 11.6 Å². The van der Waals surface area contributed by atoms with Crippen LogP contribution in [0, 0.1) is 5.92 Å². The highest BCUT2D eigenvalue weighted by Gasteiger charge is 2.26. The molecule has 1 aliphatic rings. The van der Waals surface area contributed by atoms with Crippen LogP contribution in [-0.2, 0) is 0 Å². The van der Waals surface area contributed by atoms with E-state index < -0.39 is 0 Å². The number of aromatic nitrogens is 1. The second-order valence-corrected chi connectivity index (χ2v) is 5.16. The third-order valence-electron chi connectivity index (χ3n) is 3.63. The topological polar surface area (TPSA) is 45.2 Å². The van der Waals surface area contributed by atoms with Gasteiger partial charge in [0.05, 0.1) is 11.9 Å². The molecule has 1 unspecified atom stereocenters. The number of hydrogen-bond acceptors (Lipinski definition) is 3. The van der Waals surface area contributed by atoms with E-state index in [1.165, 1.54) is 12.8 Å². The number of likely N-dealkylation sites (tertiary alicyclic amines) is 1. The Labute approximate surface area is 115 Å². The fraction of sp³-hybridized carbons (Fsp3) is 0.600. The molecular weight excluding hydrogens is 238 g/mol. The van der Waals surface area contributed by atoms with E-state index in [9.17, 15) is 4.79 Å². The van der Waals surface area contributed by atoms with Crippen LogP contribution in [0.3, 0.4) is 0 Å². The van der Waals surface area contributed by atoms with Gasteiger partial charge in [-0.1, -0.05) is 13.3 Å². The summed E-state index contributed by atoms with van der Waals surface area (Å²) >= 11 is 0. The van der Waals surface area contributed by atoms with Crippen LogP contribution in [0.5, 0.6) is 0 Å². The van der Waals surface area contributed by atoms with Gasteiger partial charge in [0.25, 0.3) is 5.91 Å². The highest BCUT2D eigenvalue weighted by Crippen LogP contribution is 2.22. The van der Waals surface area contributed by atoms with Crippen molar-refractivity contribution in [3.05, 3.63) is 24.0 Å². The van der Waals surface area contributed by atoms with Crippen molar-refractivity contribution in [1.29, 1.82) is 0 Å². The monoisotopic (exact) mass is 261 g/mol. The van der Waals surface area contributed by atoms with E-state index in [1.807, 2.05) is 24.0 Å². The van der Waals surface area contributed by atoms with Crippen LogP contribution in [-0.4, -0.2) is 35.4 Å². The highest BCUT2D eigenvalue weighted by molar-refractivity contribution is 5.92. The maximum absolute atomic E-state index is 12.3. The van der Waals surface area contributed by atoms with Gasteiger partial charge in [-0.2, -0.15) is 0 Å². The second kappa shape index (κ2) is 6.55. The standard InChI is InChI=1S/C15H23N3O/c1-3-5-12-8-9-18(11-12)15(19)14-7-6-13(10-17-14)16-4-2/h6-7,10,12,16H,3-5,8-9,11H2,1-2H3. The summed E-state index contributed by atoms with van der Waals surface area (Å²) in [5.41, 5.74) is 1.52. The van der Waals surface area contributed by atoms with Gasteiger partial charge in [-0.05, 0) is 37.8 Å². The van der Waals surface area contributed by atoms with E-state index in [0.717, 1.165) is 31.7 Å². The molecule has 1 aromatic heterocycles. The number of hydrogen-bond donors (Lipinski definition) is 1. The molecule has 2 heterocycles. The predicted molar refractivity (Wildman–Crippen MR) is 77.3 cm³/mol. The molecule has 0 saturated carbocycles. The number of nitrogens with one attached hydrogen (secondary N) is 1. The Hall–Kier alpha value is -1.58. The SMILES string of the molecule is CCCC1CCN(C(=O)c2ccc(NCC)cn2)C1. The molecule has 1 fully saturated rings. The lowest BCUT2D eigenvalue weighted by molar-refractivity contribution is 0.0781. The van der Waals surface area contributed by atoms with Gasteiger partial charge in [-0.15, -0.1) is 0 Å². The van der Waals surface area contributed by atoms with Crippen molar-refractivity contribution in [1.82, 2.24) is 9.88 Å². The van der Waals surface area contributed by atoms with E-state index in [1.54, 1.807) is 6.20 Å². The lowest BCUT2D eigenvalue weighted by Gasteiger charge is -2.16. The number of carbonyl (C=O) groups is 1. The number of anilines is 1. The highest BCUT2D eigenvalue weighted by atomic mass is 16.2. The minimum atomic E-state index is 0.0710. The van der Waals surface area contributed by atoms with Crippen LogP contribution in [0.4, 0.5) is 5.69 Å². The van der Waals surface area contributed by atoms with E-state index in [-0.39, 0.29) is 5.91 Å². The Morgan fingerprint density at radius 1 is 1.47 bits per heavy atom. The van der Waals surface area contributed by atoms with Gasteiger partial charge in [0.15, 0.2) is 0 Å². The smallest absolute Gasteiger partial charge is 0.272 e. The zero-order chi connectivity index (χ0) is 13.7. The molecule has 0 bridgehead atoms. The molecule has 19 heavy (non-hydrogen) atoms. The molecule has 1 amide bonds. The third kappa shape index (κ3) is 3.46. The number of nitrogens with zero attached hydrogens (tertiary/aromatic N) is 2. The van der Waals surface area contributed by atoms with Crippen molar-refractivity contribution in [2.75, 3.05) is 25.0 Å². The zero-order valence-electron chi connectivity index (χ0n) is 11.9. The Balaban J connectivity index is 1.96. The second-order valence-electron chi connectivity index (χ2n) is 5.16. The van der Waals surface area contributed by atoms with Gasteiger partial charge < -0.3 is 10.2 Å². The quantitative estimate of drug-likeness (QED) is 0.886. The summed E-state index contributed by atoms with van der Waals surface area (Å²) in [6.45, 7) is 6.87. The van der Waals surface area contributed by atoms with E-state index in [2.05, 4.69) is 17.2 Å². The van der Waals surface area contributed by atoms with Crippen LogP contribution in [0.2, 0.25) is 0 Å². The molecule has 1 aromatic rings. The van der Waals surface area contributed by atoms with Gasteiger partial charge in [-0.3, -0.25) is 4.79 Å². The van der Waals surface area contributed by atoms with Gasteiger partial charge >= 0.3 is 0 Å². The summed E-state index contributed by atoms with van der Waals surface area (Å²) < 4.78 is 0. The molecule has 1 saturated heterocycles. The number of rotatable bonds is 5. The van der Waals surface area contributed by atoms with Crippen molar-refractivity contribution in [2.24, 2.45) is 5.92 Å². The molecule has 0 spiro atoms. The molecule has 1 atom stereocenters. The minimum Gasteiger partial charge on any atom is -0.384 e. The van der Waals surface area contributed by atoms with Gasteiger partial charge in [0.2, 0.25) is 0 Å². The van der Waals surface area contributed by atoms with Gasteiger partial charge in [0, 0.05) is 19.6 Å². The molecule has 2 rings (SSSR count). The average Bonchev–Trinajstić information content (AvgIpc) is 2.88. The maximum atomic E-state index is 12.3. The molecule has 1 aliphatic heterocycles. The van der Waals surface area contributed by atoms with Crippen molar-refractivity contribution < 1.29 is 4.79 Å². The Morgan fingerprint density at radius 3 is 2.95 bits per heavy atom. The van der Waals surface area contributed by atoms with Crippen LogP contribution in [0.1, 0.15) is 43.6 Å². The largest absolute Gasteiger partial charge is 0.384 e. The van der Waals surface area contributed by atoms with E-state index in [4.69, 9.17) is 0 Å². The molecule has 1 N–H and O–H groups in total. The van der Waals surface area contributed by atoms with Crippen molar-refractivity contribution in [3.8, 4) is 0 Å². The zero-order valence-corrected chi connectivity index (χ0v) is 11.9. The lowest BCUT2D eigenvalue weighted by Crippen LogP contribution is -2.29.